The maximum atomic E-state index is 12.8. The predicted molar refractivity (Wildman–Crippen MR) is 106 cm³/mol. The number of carbonyl (C=O) groups is 1. The third kappa shape index (κ3) is 4.73. The van der Waals surface area contributed by atoms with E-state index in [0.717, 1.165) is 28.8 Å². The minimum atomic E-state index is -0.850. The Bertz CT molecular complexity index is 745. The molecule has 1 amide bonds. The summed E-state index contributed by atoms with van der Waals surface area (Å²) < 4.78 is 11.7. The summed E-state index contributed by atoms with van der Waals surface area (Å²) in [5, 5.41) is 3.88. The molecule has 0 radical (unpaired) electrons. The fourth-order valence-electron chi connectivity index (χ4n) is 2.54. The molecule has 2 aromatic rings. The topological polar surface area (TPSA) is 60.5 Å². The number of aromatic nitrogens is 1. The zero-order valence-corrected chi connectivity index (χ0v) is 16.5. The second-order valence-electron chi connectivity index (χ2n) is 7.10. The average molecular weight is 358 g/mol. The first kappa shape index (κ1) is 20.2. The molecule has 1 aromatic carbocycles. The van der Waals surface area contributed by atoms with Crippen LogP contribution in [-0.4, -0.2) is 29.7 Å². The van der Waals surface area contributed by atoms with Gasteiger partial charge < -0.3 is 14.8 Å². The first-order chi connectivity index (χ1) is 12.4. The standard InChI is InChI=1S/C21H30N2O3/c1-6-13-26-21(5,7-2)20(24)23-17-10-11-18(25-14-15(3)4)19-16(17)9-8-12-22-19/h8-12,15H,6-7,13-14H2,1-5H3,(H,23,24)/t21-/m0/s1. The van der Waals surface area contributed by atoms with Gasteiger partial charge in [-0.25, -0.2) is 0 Å². The number of ether oxygens (including phenoxy) is 2. The second kappa shape index (κ2) is 8.99. The molecule has 26 heavy (non-hydrogen) atoms. The molecule has 0 saturated heterocycles. The number of hydrogen-bond acceptors (Lipinski definition) is 4. The highest BCUT2D eigenvalue weighted by Gasteiger charge is 2.32. The van der Waals surface area contributed by atoms with Crippen molar-refractivity contribution < 1.29 is 14.3 Å². The van der Waals surface area contributed by atoms with Crippen molar-refractivity contribution in [1.29, 1.82) is 0 Å². The number of hydrogen-bond donors (Lipinski definition) is 1. The fourth-order valence-corrected chi connectivity index (χ4v) is 2.54. The van der Waals surface area contributed by atoms with E-state index in [1.165, 1.54) is 0 Å². The van der Waals surface area contributed by atoms with Crippen molar-refractivity contribution in [3.8, 4) is 5.75 Å². The van der Waals surface area contributed by atoms with Crippen LogP contribution in [0.2, 0.25) is 0 Å². The minimum Gasteiger partial charge on any atom is -0.491 e. The van der Waals surface area contributed by atoms with Crippen molar-refractivity contribution >= 4 is 22.5 Å². The Kier molecular flexibility index (Phi) is 6.98. The third-order valence-corrected chi connectivity index (χ3v) is 4.33. The van der Waals surface area contributed by atoms with Gasteiger partial charge in [0.2, 0.25) is 0 Å². The van der Waals surface area contributed by atoms with E-state index in [9.17, 15) is 4.79 Å². The smallest absolute Gasteiger partial charge is 0.256 e. The summed E-state index contributed by atoms with van der Waals surface area (Å²) in [5.41, 5.74) is 0.616. The zero-order chi connectivity index (χ0) is 19.2. The molecular weight excluding hydrogens is 328 g/mol. The van der Waals surface area contributed by atoms with Crippen LogP contribution in [0, 0.1) is 5.92 Å². The highest BCUT2D eigenvalue weighted by atomic mass is 16.5. The lowest BCUT2D eigenvalue weighted by Crippen LogP contribution is -2.42. The van der Waals surface area contributed by atoms with E-state index in [1.807, 2.05) is 45.0 Å². The van der Waals surface area contributed by atoms with E-state index < -0.39 is 5.60 Å². The van der Waals surface area contributed by atoms with Gasteiger partial charge >= 0.3 is 0 Å². The summed E-state index contributed by atoms with van der Waals surface area (Å²) in [4.78, 5) is 17.3. The molecule has 1 heterocycles. The number of amides is 1. The van der Waals surface area contributed by atoms with E-state index in [2.05, 4.69) is 24.1 Å². The summed E-state index contributed by atoms with van der Waals surface area (Å²) in [6.07, 6.45) is 3.21. The fraction of sp³-hybridized carbons (Fsp3) is 0.524. The molecule has 1 N–H and O–H groups in total. The van der Waals surface area contributed by atoms with Crippen molar-refractivity contribution in [3.05, 3.63) is 30.5 Å². The molecule has 2 rings (SSSR count). The monoisotopic (exact) mass is 358 g/mol. The van der Waals surface area contributed by atoms with Gasteiger partial charge in [0.25, 0.3) is 5.91 Å². The lowest BCUT2D eigenvalue weighted by Gasteiger charge is -2.27. The van der Waals surface area contributed by atoms with Gasteiger partial charge in [-0.3, -0.25) is 9.78 Å². The Balaban J connectivity index is 2.30. The molecule has 0 saturated carbocycles. The Morgan fingerprint density at radius 1 is 1.27 bits per heavy atom. The van der Waals surface area contributed by atoms with E-state index in [0.29, 0.717) is 25.6 Å². The normalized spacial score (nSPS) is 13.6. The number of fused-ring (bicyclic) bond motifs is 1. The molecule has 1 aromatic heterocycles. The second-order valence-corrected chi connectivity index (χ2v) is 7.10. The first-order valence-corrected chi connectivity index (χ1v) is 9.37. The molecular formula is C21H30N2O3. The Morgan fingerprint density at radius 3 is 2.69 bits per heavy atom. The van der Waals surface area contributed by atoms with Gasteiger partial charge in [0.15, 0.2) is 0 Å². The Hall–Kier alpha value is -2.14. The maximum Gasteiger partial charge on any atom is 0.256 e. The zero-order valence-electron chi connectivity index (χ0n) is 16.5. The summed E-state index contributed by atoms with van der Waals surface area (Å²) >= 11 is 0. The summed E-state index contributed by atoms with van der Waals surface area (Å²) in [7, 11) is 0. The molecule has 0 aliphatic rings. The molecule has 0 bridgehead atoms. The highest BCUT2D eigenvalue weighted by Crippen LogP contribution is 2.31. The van der Waals surface area contributed by atoms with Crippen LogP contribution in [-0.2, 0) is 9.53 Å². The van der Waals surface area contributed by atoms with Gasteiger partial charge in [-0.05, 0) is 49.9 Å². The van der Waals surface area contributed by atoms with Gasteiger partial charge in [0.1, 0.15) is 16.9 Å². The van der Waals surface area contributed by atoms with Gasteiger partial charge in [-0.1, -0.05) is 27.7 Å². The number of carbonyl (C=O) groups excluding carboxylic acids is 1. The van der Waals surface area contributed by atoms with Crippen LogP contribution in [0.3, 0.4) is 0 Å². The number of nitrogens with one attached hydrogen (secondary N) is 1. The number of pyridine rings is 1. The van der Waals surface area contributed by atoms with Crippen LogP contribution >= 0.6 is 0 Å². The summed E-state index contributed by atoms with van der Waals surface area (Å²) in [6, 6.07) is 7.53. The van der Waals surface area contributed by atoms with Gasteiger partial charge in [0.05, 0.1) is 12.3 Å². The first-order valence-electron chi connectivity index (χ1n) is 9.37. The third-order valence-electron chi connectivity index (χ3n) is 4.33. The summed E-state index contributed by atoms with van der Waals surface area (Å²) in [5.74, 6) is 1.01. The number of benzene rings is 1. The largest absolute Gasteiger partial charge is 0.491 e. The van der Waals surface area contributed by atoms with Crippen LogP contribution in [0.1, 0.15) is 47.5 Å². The van der Waals surface area contributed by atoms with Crippen LogP contribution in [0.4, 0.5) is 5.69 Å². The van der Waals surface area contributed by atoms with Crippen LogP contribution < -0.4 is 10.1 Å². The quantitative estimate of drug-likeness (QED) is 0.699. The molecule has 0 unspecified atom stereocenters. The van der Waals surface area contributed by atoms with Crippen LogP contribution in [0.5, 0.6) is 5.75 Å². The van der Waals surface area contributed by atoms with Gasteiger partial charge in [-0.15, -0.1) is 0 Å². The van der Waals surface area contributed by atoms with E-state index in [1.54, 1.807) is 6.20 Å². The Labute approximate surface area is 156 Å². The van der Waals surface area contributed by atoms with Gasteiger partial charge in [0, 0.05) is 18.2 Å². The predicted octanol–water partition coefficient (Wildman–Crippen LogP) is 4.80. The minimum absolute atomic E-state index is 0.144. The molecule has 0 fully saturated rings. The van der Waals surface area contributed by atoms with Crippen molar-refractivity contribution in [2.75, 3.05) is 18.5 Å². The molecule has 5 heteroatoms. The van der Waals surface area contributed by atoms with Crippen molar-refractivity contribution in [2.45, 2.75) is 53.1 Å². The number of nitrogens with zero attached hydrogens (tertiary/aromatic N) is 1. The van der Waals surface area contributed by atoms with E-state index in [4.69, 9.17) is 9.47 Å². The SMILES string of the molecule is CCCO[C@@](C)(CC)C(=O)Nc1ccc(OCC(C)C)c2ncccc12. The van der Waals surface area contributed by atoms with Crippen molar-refractivity contribution in [1.82, 2.24) is 4.98 Å². The maximum absolute atomic E-state index is 12.8. The van der Waals surface area contributed by atoms with Crippen LogP contribution in [0.25, 0.3) is 10.9 Å². The molecule has 0 aliphatic carbocycles. The highest BCUT2D eigenvalue weighted by molar-refractivity contribution is 6.05. The molecule has 1 atom stereocenters. The molecule has 0 aliphatic heterocycles. The molecule has 0 spiro atoms. The number of rotatable bonds is 9. The number of anilines is 1. The molecule has 142 valence electrons. The Morgan fingerprint density at radius 2 is 2.04 bits per heavy atom. The summed E-state index contributed by atoms with van der Waals surface area (Å²) in [6.45, 7) is 11.2. The average Bonchev–Trinajstić information content (AvgIpc) is 2.65. The van der Waals surface area contributed by atoms with E-state index in [-0.39, 0.29) is 5.91 Å². The van der Waals surface area contributed by atoms with Crippen molar-refractivity contribution in [3.63, 3.8) is 0 Å². The van der Waals surface area contributed by atoms with Crippen molar-refractivity contribution in [2.24, 2.45) is 5.92 Å². The lowest BCUT2D eigenvalue weighted by molar-refractivity contribution is -0.139. The molecule has 5 nitrogen and oxygen atoms in total. The van der Waals surface area contributed by atoms with E-state index >= 15 is 0 Å². The van der Waals surface area contributed by atoms with Crippen LogP contribution in [0.15, 0.2) is 30.5 Å². The van der Waals surface area contributed by atoms with Gasteiger partial charge in [-0.2, -0.15) is 0 Å². The lowest BCUT2D eigenvalue weighted by atomic mass is 10.0.